The van der Waals surface area contributed by atoms with E-state index in [-0.39, 0.29) is 19.0 Å². The Morgan fingerprint density at radius 1 is 1.33 bits per heavy atom. The number of amides is 1. The minimum Gasteiger partial charge on any atom is -0.345 e. The highest BCUT2D eigenvalue weighted by molar-refractivity contribution is 5.81. The Morgan fingerprint density at radius 2 is 1.80 bits per heavy atom. The SMILES string of the molecule is CN(CCC(F)(F)F)C(=O)C(C)(C)CN. The Morgan fingerprint density at radius 3 is 2.13 bits per heavy atom. The molecule has 6 heteroatoms. The largest absolute Gasteiger partial charge is 0.390 e. The molecule has 0 aliphatic rings. The van der Waals surface area contributed by atoms with Crippen molar-refractivity contribution in [2.75, 3.05) is 20.1 Å². The van der Waals surface area contributed by atoms with E-state index in [1.807, 2.05) is 0 Å². The van der Waals surface area contributed by atoms with Crippen molar-refractivity contribution in [3.63, 3.8) is 0 Å². The van der Waals surface area contributed by atoms with Gasteiger partial charge in [-0.05, 0) is 13.8 Å². The molecule has 0 aromatic heterocycles. The quantitative estimate of drug-likeness (QED) is 0.787. The van der Waals surface area contributed by atoms with Crippen LogP contribution in [-0.2, 0) is 4.79 Å². The van der Waals surface area contributed by atoms with E-state index in [0.717, 1.165) is 4.90 Å². The predicted molar refractivity (Wildman–Crippen MR) is 51.1 cm³/mol. The van der Waals surface area contributed by atoms with Gasteiger partial charge in [0.25, 0.3) is 0 Å². The second-order valence-electron chi connectivity index (χ2n) is 4.18. The summed E-state index contributed by atoms with van der Waals surface area (Å²) in [4.78, 5) is 12.7. The molecule has 0 saturated carbocycles. The van der Waals surface area contributed by atoms with Crippen LogP contribution >= 0.6 is 0 Å². The first kappa shape index (κ1) is 14.2. The minimum absolute atomic E-state index is 0.113. The van der Waals surface area contributed by atoms with Crippen LogP contribution in [0.5, 0.6) is 0 Å². The molecule has 3 nitrogen and oxygen atoms in total. The van der Waals surface area contributed by atoms with E-state index in [1.54, 1.807) is 13.8 Å². The Labute approximate surface area is 87.4 Å². The number of hydrogen-bond donors (Lipinski definition) is 1. The van der Waals surface area contributed by atoms with Crippen molar-refractivity contribution in [3.05, 3.63) is 0 Å². The van der Waals surface area contributed by atoms with Gasteiger partial charge in [-0.2, -0.15) is 13.2 Å². The molecule has 0 unspecified atom stereocenters. The van der Waals surface area contributed by atoms with E-state index in [4.69, 9.17) is 5.73 Å². The standard InChI is InChI=1S/C9H17F3N2O/c1-8(2,6-13)7(15)14(3)5-4-9(10,11)12/h4-6,13H2,1-3H3. The van der Waals surface area contributed by atoms with Gasteiger partial charge in [0.2, 0.25) is 5.91 Å². The van der Waals surface area contributed by atoms with Gasteiger partial charge in [0, 0.05) is 20.1 Å². The Hall–Kier alpha value is -0.780. The molecule has 0 saturated heterocycles. The molecule has 1 amide bonds. The molecule has 0 radical (unpaired) electrons. The van der Waals surface area contributed by atoms with Crippen LogP contribution in [0.3, 0.4) is 0 Å². The van der Waals surface area contributed by atoms with Crippen LogP contribution in [0.25, 0.3) is 0 Å². The monoisotopic (exact) mass is 226 g/mol. The summed E-state index contributed by atoms with van der Waals surface area (Å²) in [6.45, 7) is 3.01. The molecule has 90 valence electrons. The van der Waals surface area contributed by atoms with Crippen molar-refractivity contribution >= 4 is 5.91 Å². The van der Waals surface area contributed by atoms with Crippen LogP contribution in [0.15, 0.2) is 0 Å². The minimum atomic E-state index is -4.23. The van der Waals surface area contributed by atoms with Crippen LogP contribution in [0.1, 0.15) is 20.3 Å². The van der Waals surface area contributed by atoms with Crippen LogP contribution < -0.4 is 5.73 Å². The second-order valence-corrected chi connectivity index (χ2v) is 4.18. The zero-order valence-electron chi connectivity index (χ0n) is 9.19. The van der Waals surface area contributed by atoms with Crippen LogP contribution in [0.2, 0.25) is 0 Å². The fourth-order valence-corrected chi connectivity index (χ4v) is 1.00. The van der Waals surface area contributed by atoms with Crippen LogP contribution in [0, 0.1) is 5.41 Å². The maximum absolute atomic E-state index is 11.9. The summed E-state index contributed by atoms with van der Waals surface area (Å²) in [7, 11) is 1.35. The zero-order chi connectivity index (χ0) is 12.3. The number of rotatable bonds is 4. The van der Waals surface area contributed by atoms with Gasteiger partial charge in [-0.15, -0.1) is 0 Å². The third-order valence-electron chi connectivity index (χ3n) is 2.17. The van der Waals surface area contributed by atoms with Gasteiger partial charge in [0.05, 0.1) is 11.8 Å². The van der Waals surface area contributed by atoms with Crippen molar-refractivity contribution < 1.29 is 18.0 Å². The lowest BCUT2D eigenvalue weighted by atomic mass is 9.92. The lowest BCUT2D eigenvalue weighted by molar-refractivity contribution is -0.148. The molecule has 0 heterocycles. The van der Waals surface area contributed by atoms with Gasteiger partial charge >= 0.3 is 6.18 Å². The molecule has 0 aliphatic heterocycles. The van der Waals surface area contributed by atoms with E-state index in [9.17, 15) is 18.0 Å². The highest BCUT2D eigenvalue weighted by atomic mass is 19.4. The molecule has 0 aliphatic carbocycles. The maximum atomic E-state index is 11.9. The molecule has 0 bridgehead atoms. The van der Waals surface area contributed by atoms with Crippen molar-refractivity contribution in [3.8, 4) is 0 Å². The van der Waals surface area contributed by atoms with Gasteiger partial charge in [-0.1, -0.05) is 0 Å². The molecular formula is C9H17F3N2O. The number of halogens is 3. The normalized spacial score (nSPS) is 12.7. The summed E-state index contributed by atoms with van der Waals surface area (Å²) in [5, 5.41) is 0. The van der Waals surface area contributed by atoms with Gasteiger partial charge < -0.3 is 10.6 Å². The van der Waals surface area contributed by atoms with Crippen LogP contribution in [-0.4, -0.2) is 37.1 Å². The molecule has 0 aromatic rings. The van der Waals surface area contributed by atoms with Gasteiger partial charge in [-0.3, -0.25) is 4.79 Å². The summed E-state index contributed by atoms with van der Waals surface area (Å²) < 4.78 is 35.7. The number of alkyl halides is 3. The van der Waals surface area contributed by atoms with Crippen molar-refractivity contribution in [2.24, 2.45) is 11.1 Å². The number of hydrogen-bond acceptors (Lipinski definition) is 2. The summed E-state index contributed by atoms with van der Waals surface area (Å²) in [6, 6.07) is 0. The highest BCUT2D eigenvalue weighted by Crippen LogP contribution is 2.21. The predicted octanol–water partition coefficient (Wildman–Crippen LogP) is 1.38. The average molecular weight is 226 g/mol. The van der Waals surface area contributed by atoms with E-state index in [0.29, 0.717) is 0 Å². The molecule has 15 heavy (non-hydrogen) atoms. The van der Waals surface area contributed by atoms with Crippen molar-refractivity contribution in [2.45, 2.75) is 26.4 Å². The Bertz CT molecular complexity index is 226. The lowest BCUT2D eigenvalue weighted by Crippen LogP contribution is -2.43. The third kappa shape index (κ3) is 5.01. The summed E-state index contributed by atoms with van der Waals surface area (Å²) in [5.74, 6) is -0.366. The average Bonchev–Trinajstić information content (AvgIpc) is 2.11. The number of carbonyl (C=O) groups is 1. The molecule has 0 aromatic carbocycles. The maximum Gasteiger partial charge on any atom is 0.390 e. The molecule has 0 fully saturated rings. The third-order valence-corrected chi connectivity index (χ3v) is 2.17. The molecule has 0 rings (SSSR count). The van der Waals surface area contributed by atoms with Gasteiger partial charge in [-0.25, -0.2) is 0 Å². The van der Waals surface area contributed by atoms with E-state index in [1.165, 1.54) is 7.05 Å². The van der Waals surface area contributed by atoms with Gasteiger partial charge in [0.15, 0.2) is 0 Å². The van der Waals surface area contributed by atoms with E-state index < -0.39 is 18.0 Å². The summed E-state index contributed by atoms with van der Waals surface area (Å²) >= 11 is 0. The molecule has 2 N–H and O–H groups in total. The first-order chi connectivity index (χ1) is 6.60. The number of carbonyl (C=O) groups excluding carboxylic acids is 1. The summed E-state index contributed by atoms with van der Waals surface area (Å²) in [6.07, 6.45) is -5.22. The van der Waals surface area contributed by atoms with Gasteiger partial charge in [0.1, 0.15) is 0 Å². The number of nitrogens with two attached hydrogens (primary N) is 1. The molecular weight excluding hydrogens is 209 g/mol. The highest BCUT2D eigenvalue weighted by Gasteiger charge is 2.32. The van der Waals surface area contributed by atoms with E-state index in [2.05, 4.69) is 0 Å². The fraction of sp³-hybridized carbons (Fsp3) is 0.889. The van der Waals surface area contributed by atoms with E-state index >= 15 is 0 Å². The van der Waals surface area contributed by atoms with Crippen molar-refractivity contribution in [1.82, 2.24) is 4.90 Å². The Kier molecular flexibility index (Phi) is 4.58. The lowest BCUT2D eigenvalue weighted by Gasteiger charge is -2.28. The Balaban J connectivity index is 4.23. The fourth-order valence-electron chi connectivity index (χ4n) is 1.00. The second kappa shape index (κ2) is 4.83. The zero-order valence-corrected chi connectivity index (χ0v) is 9.19. The molecule has 0 atom stereocenters. The summed E-state index contributed by atoms with van der Waals surface area (Å²) in [5.41, 5.74) is 4.55. The first-order valence-corrected chi connectivity index (χ1v) is 4.62. The first-order valence-electron chi connectivity index (χ1n) is 4.62. The number of nitrogens with zero attached hydrogens (tertiary/aromatic N) is 1. The van der Waals surface area contributed by atoms with Crippen molar-refractivity contribution in [1.29, 1.82) is 0 Å². The topological polar surface area (TPSA) is 46.3 Å². The molecule has 0 spiro atoms. The van der Waals surface area contributed by atoms with Crippen LogP contribution in [0.4, 0.5) is 13.2 Å². The smallest absolute Gasteiger partial charge is 0.345 e.